The summed E-state index contributed by atoms with van der Waals surface area (Å²) in [6, 6.07) is 12.1. The molecule has 33 heavy (non-hydrogen) atoms. The van der Waals surface area contributed by atoms with Crippen molar-refractivity contribution in [1.82, 2.24) is 4.31 Å². The number of carbonyl (C=O) groups is 1. The highest BCUT2D eigenvalue weighted by atomic mass is 32.2. The predicted octanol–water partition coefficient (Wildman–Crippen LogP) is 4.80. The standard InChI is InChI=1S/C24H19F4NO3S/c25-17-5-1-15(2-6-17)24(16-3-7-18(26)8-4-16)23-13-19(30)11-12-29(23)33(31,32)20-9-10-21(27)22(28)14-20/h1-10,14,23-24H,11-13H2. The van der Waals surface area contributed by atoms with Crippen LogP contribution in [0.4, 0.5) is 17.6 Å². The van der Waals surface area contributed by atoms with E-state index in [1.165, 1.54) is 48.5 Å². The minimum atomic E-state index is -4.32. The number of benzene rings is 3. The van der Waals surface area contributed by atoms with Gasteiger partial charge in [0.25, 0.3) is 0 Å². The van der Waals surface area contributed by atoms with Crippen molar-refractivity contribution in [2.24, 2.45) is 0 Å². The van der Waals surface area contributed by atoms with Gasteiger partial charge in [0.05, 0.1) is 4.90 Å². The van der Waals surface area contributed by atoms with Gasteiger partial charge in [-0.25, -0.2) is 26.0 Å². The molecule has 172 valence electrons. The molecule has 0 bridgehead atoms. The van der Waals surface area contributed by atoms with Crippen LogP contribution in [0.25, 0.3) is 0 Å². The Morgan fingerprint density at radius 3 is 1.85 bits per heavy atom. The van der Waals surface area contributed by atoms with Crippen molar-refractivity contribution < 1.29 is 30.8 Å². The second kappa shape index (κ2) is 9.07. The summed E-state index contributed by atoms with van der Waals surface area (Å²) in [5, 5.41) is 0. The zero-order chi connectivity index (χ0) is 23.8. The second-order valence-electron chi connectivity index (χ2n) is 7.83. The molecular formula is C24H19F4NO3S. The van der Waals surface area contributed by atoms with E-state index in [0.29, 0.717) is 17.2 Å². The molecule has 9 heteroatoms. The Bertz CT molecular complexity index is 1230. The Balaban J connectivity index is 1.85. The maximum absolute atomic E-state index is 13.8. The third kappa shape index (κ3) is 4.69. The van der Waals surface area contributed by atoms with Gasteiger partial charge in [0.15, 0.2) is 11.6 Å². The van der Waals surface area contributed by atoms with Gasteiger partial charge in [0, 0.05) is 31.3 Å². The molecule has 1 saturated heterocycles. The topological polar surface area (TPSA) is 54.5 Å². The van der Waals surface area contributed by atoms with Crippen molar-refractivity contribution in [3.63, 3.8) is 0 Å². The van der Waals surface area contributed by atoms with E-state index in [4.69, 9.17) is 0 Å². The van der Waals surface area contributed by atoms with Gasteiger partial charge < -0.3 is 0 Å². The van der Waals surface area contributed by atoms with Crippen molar-refractivity contribution in [3.8, 4) is 0 Å². The van der Waals surface area contributed by atoms with Crippen LogP contribution in [-0.2, 0) is 14.8 Å². The molecule has 0 aliphatic carbocycles. The van der Waals surface area contributed by atoms with Crippen LogP contribution in [0.5, 0.6) is 0 Å². The molecule has 1 atom stereocenters. The first kappa shape index (κ1) is 23.1. The number of carbonyl (C=O) groups excluding carboxylic acids is 1. The average molecular weight is 477 g/mol. The maximum atomic E-state index is 13.8. The van der Waals surface area contributed by atoms with Gasteiger partial charge in [0.2, 0.25) is 10.0 Å². The molecule has 1 aliphatic heterocycles. The number of rotatable bonds is 5. The molecule has 0 aromatic heterocycles. The van der Waals surface area contributed by atoms with Gasteiger partial charge >= 0.3 is 0 Å². The van der Waals surface area contributed by atoms with Crippen molar-refractivity contribution in [1.29, 1.82) is 0 Å². The number of sulfonamides is 1. The molecule has 0 N–H and O–H groups in total. The molecule has 4 nitrogen and oxygen atoms in total. The molecular weight excluding hydrogens is 458 g/mol. The number of piperidine rings is 1. The second-order valence-corrected chi connectivity index (χ2v) is 9.72. The largest absolute Gasteiger partial charge is 0.300 e. The Hall–Kier alpha value is -3.04. The molecule has 1 heterocycles. The van der Waals surface area contributed by atoms with Crippen LogP contribution >= 0.6 is 0 Å². The Morgan fingerprint density at radius 1 is 0.788 bits per heavy atom. The number of nitrogens with zero attached hydrogens (tertiary/aromatic N) is 1. The molecule has 0 spiro atoms. The van der Waals surface area contributed by atoms with E-state index in [2.05, 4.69) is 0 Å². The van der Waals surface area contributed by atoms with Crippen LogP contribution in [0.1, 0.15) is 29.9 Å². The fourth-order valence-electron chi connectivity index (χ4n) is 4.17. The first-order valence-corrected chi connectivity index (χ1v) is 11.6. The van der Waals surface area contributed by atoms with E-state index in [1.54, 1.807) is 0 Å². The van der Waals surface area contributed by atoms with Gasteiger partial charge in [-0.05, 0) is 53.6 Å². The molecule has 0 saturated carbocycles. The SMILES string of the molecule is O=C1CCN(S(=O)(=O)c2ccc(F)c(F)c2)C(C(c2ccc(F)cc2)c2ccc(F)cc2)C1. The van der Waals surface area contributed by atoms with Gasteiger partial charge in [-0.3, -0.25) is 4.79 Å². The van der Waals surface area contributed by atoms with E-state index in [0.717, 1.165) is 16.4 Å². The van der Waals surface area contributed by atoms with E-state index >= 15 is 0 Å². The highest BCUT2D eigenvalue weighted by molar-refractivity contribution is 7.89. The zero-order valence-electron chi connectivity index (χ0n) is 17.2. The fraction of sp³-hybridized carbons (Fsp3) is 0.208. The third-order valence-corrected chi connectivity index (χ3v) is 7.68. The highest BCUT2D eigenvalue weighted by Gasteiger charge is 2.41. The summed E-state index contributed by atoms with van der Waals surface area (Å²) >= 11 is 0. The summed E-state index contributed by atoms with van der Waals surface area (Å²) < 4.78 is 82.4. The van der Waals surface area contributed by atoms with E-state index in [9.17, 15) is 30.8 Å². The van der Waals surface area contributed by atoms with E-state index in [-0.39, 0.29) is 25.2 Å². The van der Waals surface area contributed by atoms with Gasteiger partial charge in [0.1, 0.15) is 17.4 Å². The predicted molar refractivity (Wildman–Crippen MR) is 113 cm³/mol. The highest BCUT2D eigenvalue weighted by Crippen LogP contribution is 2.38. The van der Waals surface area contributed by atoms with Crippen LogP contribution in [0.3, 0.4) is 0 Å². The molecule has 1 fully saturated rings. The molecule has 3 aromatic rings. The minimum absolute atomic E-state index is 0.0427. The van der Waals surface area contributed by atoms with Crippen molar-refractivity contribution >= 4 is 15.8 Å². The van der Waals surface area contributed by atoms with Gasteiger partial charge in [-0.2, -0.15) is 4.31 Å². The van der Waals surface area contributed by atoms with E-state index in [1.807, 2.05) is 0 Å². The third-order valence-electron chi connectivity index (χ3n) is 5.76. The quantitative estimate of drug-likeness (QED) is 0.497. The maximum Gasteiger partial charge on any atom is 0.243 e. The molecule has 3 aromatic carbocycles. The van der Waals surface area contributed by atoms with Gasteiger partial charge in [-0.15, -0.1) is 0 Å². The fourth-order valence-corrected chi connectivity index (χ4v) is 5.82. The Morgan fingerprint density at radius 2 is 1.33 bits per heavy atom. The zero-order valence-corrected chi connectivity index (χ0v) is 18.0. The lowest BCUT2D eigenvalue weighted by Gasteiger charge is -2.39. The average Bonchev–Trinajstić information content (AvgIpc) is 2.78. The normalized spacial score (nSPS) is 17.5. The lowest BCUT2D eigenvalue weighted by Crippen LogP contribution is -2.49. The monoisotopic (exact) mass is 477 g/mol. The molecule has 0 radical (unpaired) electrons. The first-order valence-electron chi connectivity index (χ1n) is 10.2. The van der Waals surface area contributed by atoms with Crippen LogP contribution in [0.2, 0.25) is 0 Å². The summed E-state index contributed by atoms with van der Waals surface area (Å²) in [5.74, 6) is -4.41. The van der Waals surface area contributed by atoms with Gasteiger partial charge in [-0.1, -0.05) is 24.3 Å². The molecule has 4 rings (SSSR count). The Labute approximate surface area is 188 Å². The molecule has 0 amide bonds. The summed E-state index contributed by atoms with van der Waals surface area (Å²) in [4.78, 5) is 12.0. The Kier molecular flexibility index (Phi) is 6.36. The summed E-state index contributed by atoms with van der Waals surface area (Å²) in [5.41, 5.74) is 1.04. The van der Waals surface area contributed by atoms with Crippen LogP contribution in [0, 0.1) is 23.3 Å². The van der Waals surface area contributed by atoms with Crippen LogP contribution in [0.15, 0.2) is 71.6 Å². The molecule has 1 unspecified atom stereocenters. The van der Waals surface area contributed by atoms with Crippen LogP contribution in [-0.4, -0.2) is 31.1 Å². The number of halogens is 4. The van der Waals surface area contributed by atoms with Crippen molar-refractivity contribution in [3.05, 3.63) is 101 Å². The number of hydrogen-bond donors (Lipinski definition) is 0. The summed E-state index contributed by atoms with van der Waals surface area (Å²) in [6.07, 6.45) is -0.193. The first-order chi connectivity index (χ1) is 15.7. The number of Topliss-reactive ketones (excluding diaryl/α,β-unsaturated/α-hetero) is 1. The number of hydrogen-bond acceptors (Lipinski definition) is 3. The minimum Gasteiger partial charge on any atom is -0.300 e. The molecule has 1 aliphatic rings. The summed E-state index contributed by atoms with van der Waals surface area (Å²) in [6.45, 7) is -0.163. The van der Waals surface area contributed by atoms with Crippen LogP contribution < -0.4 is 0 Å². The number of ketones is 1. The lowest BCUT2D eigenvalue weighted by molar-refractivity contribution is -0.122. The van der Waals surface area contributed by atoms with Crippen molar-refractivity contribution in [2.45, 2.75) is 29.7 Å². The smallest absolute Gasteiger partial charge is 0.243 e. The van der Waals surface area contributed by atoms with Crippen molar-refractivity contribution in [2.75, 3.05) is 6.54 Å². The lowest BCUT2D eigenvalue weighted by atomic mass is 9.81. The van der Waals surface area contributed by atoms with E-state index < -0.39 is 50.1 Å². The summed E-state index contributed by atoms with van der Waals surface area (Å²) in [7, 11) is -4.32.